The summed E-state index contributed by atoms with van der Waals surface area (Å²) in [4.78, 5) is 15.6. The Hall–Kier alpha value is -1.51. The molecule has 0 aliphatic carbocycles. The van der Waals surface area contributed by atoms with E-state index in [4.69, 9.17) is 0 Å². The fourth-order valence-corrected chi connectivity index (χ4v) is 5.43. The van der Waals surface area contributed by atoms with Crippen molar-refractivity contribution in [1.29, 1.82) is 0 Å². The van der Waals surface area contributed by atoms with Crippen molar-refractivity contribution in [3.8, 4) is 0 Å². The molecule has 1 aromatic carbocycles. The van der Waals surface area contributed by atoms with Crippen LogP contribution in [0, 0.1) is 0 Å². The summed E-state index contributed by atoms with van der Waals surface area (Å²) in [7, 11) is -3.58. The van der Waals surface area contributed by atoms with Crippen molar-refractivity contribution in [2.24, 2.45) is 0 Å². The standard InChI is InChI=1S/C15H21N3O3S2/c1-9(2)18(10(3)4)23(20,21)12-6-7-13-14(8-12)22-15(17-13)16-11(5)19/h6-10H,1-5H3,(H,16,17,19). The molecule has 1 heterocycles. The number of sulfonamides is 1. The number of aromatic nitrogens is 1. The molecular formula is C15H21N3O3S2. The Morgan fingerprint density at radius 3 is 2.35 bits per heavy atom. The lowest BCUT2D eigenvalue weighted by molar-refractivity contribution is -0.114. The smallest absolute Gasteiger partial charge is 0.243 e. The number of thiazole rings is 1. The maximum atomic E-state index is 12.9. The molecular weight excluding hydrogens is 334 g/mol. The van der Waals surface area contributed by atoms with E-state index >= 15 is 0 Å². The second-order valence-corrected chi connectivity index (χ2v) is 8.73. The summed E-state index contributed by atoms with van der Waals surface area (Å²) < 4.78 is 28.0. The third-order valence-electron chi connectivity index (χ3n) is 3.24. The third kappa shape index (κ3) is 3.70. The van der Waals surface area contributed by atoms with E-state index in [0.717, 1.165) is 4.70 Å². The summed E-state index contributed by atoms with van der Waals surface area (Å²) in [6.45, 7) is 8.84. The van der Waals surface area contributed by atoms with Crippen LogP contribution in [0.2, 0.25) is 0 Å². The number of fused-ring (bicyclic) bond motifs is 1. The molecule has 23 heavy (non-hydrogen) atoms. The highest BCUT2D eigenvalue weighted by Gasteiger charge is 2.29. The van der Waals surface area contributed by atoms with Crippen molar-refractivity contribution in [2.75, 3.05) is 5.32 Å². The fourth-order valence-electron chi connectivity index (χ4n) is 2.54. The van der Waals surface area contributed by atoms with Gasteiger partial charge in [-0.15, -0.1) is 0 Å². The van der Waals surface area contributed by atoms with Crippen molar-refractivity contribution < 1.29 is 13.2 Å². The first-order chi connectivity index (χ1) is 10.6. The highest BCUT2D eigenvalue weighted by molar-refractivity contribution is 7.89. The van der Waals surface area contributed by atoms with Crippen molar-refractivity contribution >= 4 is 42.6 Å². The van der Waals surface area contributed by atoms with Crippen LogP contribution < -0.4 is 5.32 Å². The molecule has 0 aliphatic heterocycles. The van der Waals surface area contributed by atoms with Crippen molar-refractivity contribution in [1.82, 2.24) is 9.29 Å². The normalized spacial score (nSPS) is 12.5. The van der Waals surface area contributed by atoms with E-state index in [1.807, 2.05) is 27.7 Å². The lowest BCUT2D eigenvalue weighted by Crippen LogP contribution is -2.41. The Kier molecular flexibility index (Phi) is 5.07. The van der Waals surface area contributed by atoms with E-state index < -0.39 is 10.0 Å². The minimum Gasteiger partial charge on any atom is -0.302 e. The first kappa shape index (κ1) is 17.8. The summed E-state index contributed by atoms with van der Waals surface area (Å²) >= 11 is 1.26. The maximum absolute atomic E-state index is 12.9. The highest BCUT2D eigenvalue weighted by atomic mass is 32.2. The van der Waals surface area contributed by atoms with Gasteiger partial charge in [-0.2, -0.15) is 4.31 Å². The largest absolute Gasteiger partial charge is 0.302 e. The van der Waals surface area contributed by atoms with Gasteiger partial charge >= 0.3 is 0 Å². The number of hydrogen-bond acceptors (Lipinski definition) is 5. The van der Waals surface area contributed by atoms with Crippen LogP contribution >= 0.6 is 11.3 Å². The van der Waals surface area contributed by atoms with E-state index in [2.05, 4.69) is 10.3 Å². The summed E-state index contributed by atoms with van der Waals surface area (Å²) in [6, 6.07) is 4.58. The molecule has 126 valence electrons. The van der Waals surface area contributed by atoms with Gasteiger partial charge in [0.25, 0.3) is 0 Å². The molecule has 1 aromatic heterocycles. The van der Waals surface area contributed by atoms with Gasteiger partial charge < -0.3 is 5.32 Å². The highest BCUT2D eigenvalue weighted by Crippen LogP contribution is 2.30. The van der Waals surface area contributed by atoms with Crippen LogP contribution in [0.4, 0.5) is 5.13 Å². The Bertz CT molecular complexity index is 818. The van der Waals surface area contributed by atoms with Crippen molar-refractivity contribution in [3.63, 3.8) is 0 Å². The average Bonchev–Trinajstić information content (AvgIpc) is 2.76. The van der Waals surface area contributed by atoms with Crippen molar-refractivity contribution in [3.05, 3.63) is 18.2 Å². The van der Waals surface area contributed by atoms with Gasteiger partial charge in [-0.1, -0.05) is 11.3 Å². The van der Waals surface area contributed by atoms with Gasteiger partial charge in [-0.05, 0) is 45.9 Å². The zero-order valence-electron chi connectivity index (χ0n) is 13.8. The predicted octanol–water partition coefficient (Wildman–Crippen LogP) is 3.06. The monoisotopic (exact) mass is 355 g/mol. The second kappa shape index (κ2) is 6.54. The molecule has 1 amide bonds. The van der Waals surface area contributed by atoms with E-state index in [9.17, 15) is 13.2 Å². The predicted molar refractivity (Wildman–Crippen MR) is 93.2 cm³/mol. The molecule has 1 N–H and O–H groups in total. The number of nitrogens with one attached hydrogen (secondary N) is 1. The number of carbonyl (C=O) groups excluding carboxylic acids is 1. The number of hydrogen-bond donors (Lipinski definition) is 1. The first-order valence-electron chi connectivity index (χ1n) is 7.34. The molecule has 0 saturated carbocycles. The van der Waals surface area contributed by atoms with Crippen LogP contribution in [0.15, 0.2) is 23.1 Å². The number of amides is 1. The van der Waals surface area contributed by atoms with Crippen LogP contribution in [0.1, 0.15) is 34.6 Å². The van der Waals surface area contributed by atoms with Gasteiger partial charge in [0.05, 0.1) is 15.1 Å². The van der Waals surface area contributed by atoms with Crippen molar-refractivity contribution in [2.45, 2.75) is 51.6 Å². The lowest BCUT2D eigenvalue weighted by Gasteiger charge is -2.29. The molecule has 8 heteroatoms. The summed E-state index contributed by atoms with van der Waals surface area (Å²) in [6.07, 6.45) is 0. The molecule has 0 spiro atoms. The molecule has 0 unspecified atom stereocenters. The number of rotatable bonds is 5. The number of anilines is 1. The molecule has 0 bridgehead atoms. The molecule has 0 radical (unpaired) electrons. The van der Waals surface area contributed by atoms with Crippen LogP contribution in [-0.4, -0.2) is 35.7 Å². The zero-order chi connectivity index (χ0) is 17.4. The molecule has 0 fully saturated rings. The maximum Gasteiger partial charge on any atom is 0.243 e. The fraction of sp³-hybridized carbons (Fsp3) is 0.467. The van der Waals surface area contributed by atoms with Gasteiger partial charge in [0.2, 0.25) is 15.9 Å². The first-order valence-corrected chi connectivity index (χ1v) is 9.60. The van der Waals surface area contributed by atoms with Crippen LogP contribution in [0.3, 0.4) is 0 Å². The Labute approximate surface area is 140 Å². The summed E-state index contributed by atoms with van der Waals surface area (Å²) in [5.41, 5.74) is 0.665. The van der Waals surface area contributed by atoms with Gasteiger partial charge in [-0.3, -0.25) is 4.79 Å². The van der Waals surface area contributed by atoms with Gasteiger partial charge in [0.1, 0.15) is 0 Å². The Morgan fingerprint density at radius 2 is 1.83 bits per heavy atom. The topological polar surface area (TPSA) is 79.4 Å². The van der Waals surface area contributed by atoms with E-state index in [0.29, 0.717) is 10.6 Å². The lowest BCUT2D eigenvalue weighted by atomic mass is 10.3. The van der Waals surface area contributed by atoms with E-state index in [1.165, 1.54) is 22.6 Å². The molecule has 0 aliphatic rings. The van der Waals surface area contributed by atoms with Crippen LogP contribution in [0.5, 0.6) is 0 Å². The quantitative estimate of drug-likeness (QED) is 0.894. The van der Waals surface area contributed by atoms with Crippen LogP contribution in [0.25, 0.3) is 10.2 Å². The minimum absolute atomic E-state index is 0.132. The molecule has 2 aromatic rings. The van der Waals surface area contributed by atoms with Gasteiger partial charge in [0.15, 0.2) is 5.13 Å². The molecule has 6 nitrogen and oxygen atoms in total. The van der Waals surface area contributed by atoms with E-state index in [1.54, 1.807) is 18.2 Å². The average molecular weight is 355 g/mol. The number of nitrogens with zero attached hydrogens (tertiary/aromatic N) is 2. The number of benzene rings is 1. The Morgan fingerprint density at radius 1 is 1.22 bits per heavy atom. The van der Waals surface area contributed by atoms with Gasteiger partial charge in [0, 0.05) is 19.0 Å². The molecule has 0 saturated heterocycles. The zero-order valence-corrected chi connectivity index (χ0v) is 15.5. The molecule has 0 atom stereocenters. The SMILES string of the molecule is CC(=O)Nc1nc2ccc(S(=O)(=O)N(C(C)C)C(C)C)cc2s1. The van der Waals surface area contributed by atoms with E-state index in [-0.39, 0.29) is 22.9 Å². The van der Waals surface area contributed by atoms with Crippen LogP contribution in [-0.2, 0) is 14.8 Å². The number of carbonyl (C=O) groups is 1. The molecule has 2 rings (SSSR count). The third-order valence-corrected chi connectivity index (χ3v) is 6.42. The second-order valence-electron chi connectivity index (χ2n) is 5.85. The summed E-state index contributed by atoms with van der Waals surface area (Å²) in [5.74, 6) is -0.206. The minimum atomic E-state index is -3.58. The van der Waals surface area contributed by atoms with Gasteiger partial charge in [-0.25, -0.2) is 13.4 Å². The Balaban J connectivity index is 2.48. The summed E-state index contributed by atoms with van der Waals surface area (Å²) in [5, 5.41) is 3.08.